The second-order valence-electron chi connectivity index (χ2n) is 6.99. The molecule has 0 radical (unpaired) electrons. The molecule has 31 heavy (non-hydrogen) atoms. The van der Waals surface area contributed by atoms with E-state index in [0.717, 1.165) is 5.56 Å². The van der Waals surface area contributed by atoms with Crippen LogP contribution in [0.1, 0.15) is 33.3 Å². The van der Waals surface area contributed by atoms with Crippen molar-refractivity contribution in [1.29, 1.82) is 0 Å². The van der Waals surface area contributed by atoms with Gasteiger partial charge in [-0.2, -0.15) is 0 Å². The molecule has 0 saturated heterocycles. The number of hydrogen-bond acceptors (Lipinski definition) is 5. The van der Waals surface area contributed by atoms with E-state index < -0.39 is 21.5 Å². The Morgan fingerprint density at radius 2 is 1.81 bits per heavy atom. The average molecular weight is 467 g/mol. The van der Waals surface area contributed by atoms with E-state index in [1.807, 2.05) is 0 Å². The normalized spacial score (nSPS) is 13.7. The summed E-state index contributed by atoms with van der Waals surface area (Å²) in [5, 5.41) is 3.28. The first kappa shape index (κ1) is 23.0. The predicted octanol–water partition coefficient (Wildman–Crippen LogP) is 0.827. The molecule has 1 aromatic carbocycles. The number of fused-ring (bicyclic) bond motifs is 1. The summed E-state index contributed by atoms with van der Waals surface area (Å²) < 4.78 is 26.7. The van der Waals surface area contributed by atoms with E-state index in [1.165, 1.54) is 28.5 Å². The monoisotopic (exact) mass is 466 g/mol. The molecular formula is C20H23ClN4O5S. The summed E-state index contributed by atoms with van der Waals surface area (Å²) >= 11 is 5.84. The molecule has 0 unspecified atom stereocenters. The van der Waals surface area contributed by atoms with Gasteiger partial charge in [0, 0.05) is 37.7 Å². The molecule has 166 valence electrons. The van der Waals surface area contributed by atoms with Gasteiger partial charge in [0.15, 0.2) is 0 Å². The zero-order chi connectivity index (χ0) is 22.6. The first-order chi connectivity index (χ1) is 14.7. The summed E-state index contributed by atoms with van der Waals surface area (Å²) in [6, 6.07) is 9.75. The number of carbonyl (C=O) groups is 2. The number of benzene rings is 1. The molecule has 0 atom stereocenters. The lowest BCUT2D eigenvalue weighted by atomic mass is 10.1. The minimum absolute atomic E-state index is 0.0396. The Bertz CT molecular complexity index is 1150. The lowest BCUT2D eigenvalue weighted by Crippen LogP contribution is -2.48. The van der Waals surface area contributed by atoms with Crippen LogP contribution in [0.5, 0.6) is 0 Å². The molecule has 0 spiro atoms. The Morgan fingerprint density at radius 1 is 1.10 bits per heavy atom. The largest absolute Gasteiger partial charge is 0.348 e. The second kappa shape index (κ2) is 9.63. The molecule has 0 bridgehead atoms. The van der Waals surface area contributed by atoms with Gasteiger partial charge in [0.25, 0.3) is 17.4 Å². The van der Waals surface area contributed by atoms with Gasteiger partial charge in [-0.25, -0.2) is 13.1 Å². The van der Waals surface area contributed by atoms with Crippen molar-refractivity contribution in [3.63, 3.8) is 0 Å². The zero-order valence-corrected chi connectivity index (χ0v) is 18.5. The Labute approximate surface area is 185 Å². The minimum Gasteiger partial charge on any atom is -0.348 e. The molecule has 1 aliphatic heterocycles. The highest BCUT2D eigenvalue weighted by Gasteiger charge is 2.27. The number of halogens is 1. The van der Waals surface area contributed by atoms with Crippen LogP contribution in [0.4, 0.5) is 0 Å². The number of pyridine rings is 1. The summed E-state index contributed by atoms with van der Waals surface area (Å²) in [6.07, 6.45) is 0. The van der Waals surface area contributed by atoms with Crippen LogP contribution in [0, 0.1) is 0 Å². The van der Waals surface area contributed by atoms with Crippen LogP contribution in [0.15, 0.2) is 41.2 Å². The van der Waals surface area contributed by atoms with Crippen molar-refractivity contribution in [2.45, 2.75) is 20.0 Å². The van der Waals surface area contributed by atoms with Gasteiger partial charge in [0.05, 0.1) is 5.75 Å². The number of rotatable bonds is 8. The Kier molecular flexibility index (Phi) is 7.14. The maximum Gasteiger partial charge on any atom is 0.270 e. The van der Waals surface area contributed by atoms with Crippen LogP contribution < -0.4 is 15.6 Å². The van der Waals surface area contributed by atoms with E-state index in [4.69, 9.17) is 11.6 Å². The summed E-state index contributed by atoms with van der Waals surface area (Å²) in [7, 11) is -3.34. The van der Waals surface area contributed by atoms with E-state index in [-0.39, 0.29) is 55.6 Å². The highest BCUT2D eigenvalue weighted by atomic mass is 35.5. The third kappa shape index (κ3) is 5.52. The molecule has 3 rings (SSSR count). The van der Waals surface area contributed by atoms with Gasteiger partial charge in [0.1, 0.15) is 11.3 Å². The third-order valence-electron chi connectivity index (χ3n) is 4.97. The van der Waals surface area contributed by atoms with Crippen molar-refractivity contribution in [2.24, 2.45) is 0 Å². The lowest BCUT2D eigenvalue weighted by Gasteiger charge is -2.29. The molecule has 1 aliphatic rings. The summed E-state index contributed by atoms with van der Waals surface area (Å²) in [4.78, 5) is 39.4. The maximum absolute atomic E-state index is 12.8. The molecule has 0 fully saturated rings. The average Bonchev–Trinajstić information content (AvgIpc) is 2.75. The van der Waals surface area contributed by atoms with Crippen LogP contribution in [0.25, 0.3) is 0 Å². The third-order valence-corrected chi connectivity index (χ3v) is 6.62. The molecule has 0 aliphatic carbocycles. The van der Waals surface area contributed by atoms with Gasteiger partial charge in [-0.1, -0.05) is 23.7 Å². The molecular weight excluding hydrogens is 444 g/mol. The molecule has 0 saturated carbocycles. The second-order valence-corrected chi connectivity index (χ2v) is 9.52. The van der Waals surface area contributed by atoms with Crippen molar-refractivity contribution in [3.05, 3.63) is 68.6 Å². The number of carbonyl (C=O) groups excluding carboxylic acids is 2. The van der Waals surface area contributed by atoms with Crippen molar-refractivity contribution >= 4 is 33.4 Å². The van der Waals surface area contributed by atoms with Gasteiger partial charge >= 0.3 is 0 Å². The summed E-state index contributed by atoms with van der Waals surface area (Å²) in [6.45, 7) is 2.51. The predicted molar refractivity (Wildman–Crippen MR) is 117 cm³/mol. The number of nitrogens with zero attached hydrogens (tertiary/aromatic N) is 2. The van der Waals surface area contributed by atoms with Gasteiger partial charge in [-0.3, -0.25) is 14.4 Å². The fourth-order valence-electron chi connectivity index (χ4n) is 3.18. The molecule has 2 heterocycles. The molecule has 2 aromatic rings. The van der Waals surface area contributed by atoms with Gasteiger partial charge in [-0.15, -0.1) is 0 Å². The fraction of sp³-hybridized carbons (Fsp3) is 0.350. The van der Waals surface area contributed by atoms with Crippen LogP contribution in [0.2, 0.25) is 5.02 Å². The van der Waals surface area contributed by atoms with Gasteiger partial charge < -0.3 is 14.8 Å². The van der Waals surface area contributed by atoms with Gasteiger partial charge in [-0.05, 0) is 36.8 Å². The van der Waals surface area contributed by atoms with Crippen LogP contribution in [-0.4, -0.2) is 55.1 Å². The SMILES string of the molecule is CCS(=O)(=O)NCCN1CCn2c(ccc(C(=O)NCc3ccc(Cl)cc3)c2=O)C1=O. The number of sulfonamides is 1. The van der Waals surface area contributed by atoms with Crippen LogP contribution >= 0.6 is 11.6 Å². The smallest absolute Gasteiger partial charge is 0.270 e. The number of amides is 2. The van der Waals surface area contributed by atoms with Crippen molar-refractivity contribution in [3.8, 4) is 0 Å². The van der Waals surface area contributed by atoms with Gasteiger partial charge in [0.2, 0.25) is 10.0 Å². The first-order valence-electron chi connectivity index (χ1n) is 9.75. The van der Waals surface area contributed by atoms with E-state index in [1.54, 1.807) is 24.3 Å². The standard InChI is InChI=1S/C20H23ClN4O5S/c1-2-31(29,30)23-9-10-24-11-12-25-17(20(24)28)8-7-16(19(25)27)18(26)22-13-14-3-5-15(21)6-4-14/h3-8,23H,2,9-13H2,1H3,(H,22,26). The Morgan fingerprint density at radius 3 is 2.48 bits per heavy atom. The lowest BCUT2D eigenvalue weighted by molar-refractivity contribution is 0.0702. The first-order valence-corrected chi connectivity index (χ1v) is 11.8. The summed E-state index contributed by atoms with van der Waals surface area (Å²) in [5.74, 6) is -0.951. The van der Waals surface area contributed by atoms with Crippen molar-refractivity contribution in [2.75, 3.05) is 25.4 Å². The molecule has 9 nitrogen and oxygen atoms in total. The molecule has 2 amide bonds. The molecule has 2 N–H and O–H groups in total. The van der Waals surface area contributed by atoms with Crippen molar-refractivity contribution < 1.29 is 18.0 Å². The van der Waals surface area contributed by atoms with Crippen LogP contribution in [-0.2, 0) is 23.1 Å². The fourth-order valence-corrected chi connectivity index (χ4v) is 3.91. The number of aromatic nitrogens is 1. The Balaban J connectivity index is 1.67. The Hall–Kier alpha value is -2.69. The highest BCUT2D eigenvalue weighted by molar-refractivity contribution is 7.89. The van der Waals surface area contributed by atoms with E-state index >= 15 is 0 Å². The highest BCUT2D eigenvalue weighted by Crippen LogP contribution is 2.12. The topological polar surface area (TPSA) is 118 Å². The molecule has 1 aromatic heterocycles. The number of hydrogen-bond donors (Lipinski definition) is 2. The summed E-state index contributed by atoms with van der Waals surface area (Å²) in [5.41, 5.74) is 0.421. The molecule has 11 heteroatoms. The van der Waals surface area contributed by atoms with E-state index in [0.29, 0.717) is 5.02 Å². The maximum atomic E-state index is 12.8. The van der Waals surface area contributed by atoms with E-state index in [2.05, 4.69) is 10.0 Å². The quantitative estimate of drug-likeness (QED) is 0.597. The van der Waals surface area contributed by atoms with Crippen LogP contribution in [0.3, 0.4) is 0 Å². The number of nitrogens with one attached hydrogen (secondary N) is 2. The minimum atomic E-state index is -3.34. The van der Waals surface area contributed by atoms with Crippen molar-refractivity contribution in [1.82, 2.24) is 19.5 Å². The van der Waals surface area contributed by atoms with E-state index in [9.17, 15) is 22.8 Å². The zero-order valence-electron chi connectivity index (χ0n) is 16.9.